The van der Waals surface area contributed by atoms with E-state index >= 15 is 0 Å². The van der Waals surface area contributed by atoms with Gasteiger partial charge in [-0.1, -0.05) is 42.5 Å². The molecule has 2 saturated heterocycles. The predicted molar refractivity (Wildman–Crippen MR) is 111 cm³/mol. The van der Waals surface area contributed by atoms with Crippen LogP contribution < -0.4 is 14.8 Å². The van der Waals surface area contributed by atoms with Crippen LogP contribution in [-0.4, -0.2) is 42.6 Å². The van der Waals surface area contributed by atoms with Gasteiger partial charge in [0.05, 0.1) is 0 Å². The predicted octanol–water partition coefficient (Wildman–Crippen LogP) is 3.42. The number of hydrogen-bond donors (Lipinski definition) is 1. The summed E-state index contributed by atoms with van der Waals surface area (Å²) in [6.45, 7) is 2.10. The van der Waals surface area contributed by atoms with E-state index in [2.05, 4.69) is 5.32 Å². The standard InChI is InChI=1S/C22H26N2O3.ClH/c25-22(24-13-12-18-10-11-19(14-24)23-18)16-27-21-9-5-4-8-20(21)26-15-17-6-2-1-3-7-17;/h1-9,18-19,23H,10-16H2;1H. The first-order valence-corrected chi connectivity index (χ1v) is 9.70. The summed E-state index contributed by atoms with van der Waals surface area (Å²) in [6.07, 6.45) is 3.42. The zero-order valence-corrected chi connectivity index (χ0v) is 16.7. The molecule has 2 bridgehead atoms. The van der Waals surface area contributed by atoms with Gasteiger partial charge in [-0.25, -0.2) is 0 Å². The van der Waals surface area contributed by atoms with Crippen molar-refractivity contribution in [2.45, 2.75) is 38.0 Å². The van der Waals surface area contributed by atoms with Crippen molar-refractivity contribution in [3.63, 3.8) is 0 Å². The van der Waals surface area contributed by atoms with Gasteiger partial charge >= 0.3 is 0 Å². The Labute approximate surface area is 172 Å². The van der Waals surface area contributed by atoms with E-state index in [0.29, 0.717) is 30.2 Å². The van der Waals surface area contributed by atoms with Crippen LogP contribution in [0.3, 0.4) is 0 Å². The third-order valence-corrected chi connectivity index (χ3v) is 5.31. The highest BCUT2D eigenvalue weighted by Crippen LogP contribution is 2.27. The van der Waals surface area contributed by atoms with Crippen molar-refractivity contribution in [1.82, 2.24) is 10.2 Å². The first kappa shape index (κ1) is 20.5. The number of para-hydroxylation sites is 2. The number of carbonyl (C=O) groups is 1. The Balaban J connectivity index is 0.00000225. The summed E-state index contributed by atoms with van der Waals surface area (Å²) >= 11 is 0. The monoisotopic (exact) mass is 402 g/mol. The molecule has 1 amide bonds. The molecule has 0 aromatic heterocycles. The van der Waals surface area contributed by atoms with E-state index in [1.54, 1.807) is 0 Å². The number of carbonyl (C=O) groups excluding carboxylic acids is 1. The number of likely N-dealkylation sites (tertiary alicyclic amines) is 1. The first-order chi connectivity index (χ1) is 13.3. The number of fused-ring (bicyclic) bond motifs is 2. The molecule has 2 unspecified atom stereocenters. The van der Waals surface area contributed by atoms with Crippen LogP contribution in [0.5, 0.6) is 11.5 Å². The van der Waals surface area contributed by atoms with E-state index in [1.165, 1.54) is 6.42 Å². The maximum absolute atomic E-state index is 12.6. The fourth-order valence-corrected chi connectivity index (χ4v) is 3.82. The van der Waals surface area contributed by atoms with Crippen molar-refractivity contribution in [2.75, 3.05) is 19.7 Å². The number of amides is 1. The summed E-state index contributed by atoms with van der Waals surface area (Å²) in [7, 11) is 0. The highest BCUT2D eigenvalue weighted by Gasteiger charge is 2.31. The highest BCUT2D eigenvalue weighted by molar-refractivity contribution is 5.85. The van der Waals surface area contributed by atoms with Gasteiger partial charge in [-0.2, -0.15) is 0 Å². The van der Waals surface area contributed by atoms with E-state index in [1.807, 2.05) is 59.5 Å². The largest absolute Gasteiger partial charge is 0.485 e. The fraction of sp³-hybridized carbons (Fsp3) is 0.409. The van der Waals surface area contributed by atoms with E-state index in [-0.39, 0.29) is 24.9 Å². The summed E-state index contributed by atoms with van der Waals surface area (Å²) in [5, 5.41) is 3.60. The molecule has 0 radical (unpaired) electrons. The Bertz CT molecular complexity index is 771. The van der Waals surface area contributed by atoms with Crippen molar-refractivity contribution in [2.24, 2.45) is 0 Å². The lowest BCUT2D eigenvalue weighted by Crippen LogP contribution is -2.41. The van der Waals surface area contributed by atoms with Crippen LogP contribution in [0.4, 0.5) is 0 Å². The fourth-order valence-electron chi connectivity index (χ4n) is 3.82. The summed E-state index contributed by atoms with van der Waals surface area (Å²) < 4.78 is 11.7. The van der Waals surface area contributed by atoms with Gasteiger partial charge in [-0.05, 0) is 37.0 Å². The number of benzene rings is 2. The molecule has 4 rings (SSSR count). The zero-order valence-electron chi connectivity index (χ0n) is 15.9. The molecule has 28 heavy (non-hydrogen) atoms. The number of ether oxygens (including phenoxy) is 2. The van der Waals surface area contributed by atoms with Crippen molar-refractivity contribution in [1.29, 1.82) is 0 Å². The van der Waals surface area contributed by atoms with Crippen LogP contribution >= 0.6 is 12.4 Å². The Kier molecular flexibility index (Phi) is 7.18. The number of halogens is 1. The maximum Gasteiger partial charge on any atom is 0.260 e. The van der Waals surface area contributed by atoms with Gasteiger partial charge in [0.25, 0.3) is 5.91 Å². The maximum atomic E-state index is 12.6. The lowest BCUT2D eigenvalue weighted by atomic mass is 10.1. The van der Waals surface area contributed by atoms with Crippen LogP contribution in [-0.2, 0) is 11.4 Å². The summed E-state index contributed by atoms with van der Waals surface area (Å²) in [5.41, 5.74) is 1.09. The smallest absolute Gasteiger partial charge is 0.260 e. The van der Waals surface area contributed by atoms with Crippen molar-refractivity contribution in [3.05, 3.63) is 60.2 Å². The van der Waals surface area contributed by atoms with Crippen molar-refractivity contribution >= 4 is 18.3 Å². The lowest BCUT2D eigenvalue weighted by molar-refractivity contribution is -0.133. The van der Waals surface area contributed by atoms with Crippen molar-refractivity contribution < 1.29 is 14.3 Å². The Morgan fingerprint density at radius 1 is 0.929 bits per heavy atom. The van der Waals surface area contributed by atoms with Gasteiger partial charge in [-0.15, -0.1) is 12.4 Å². The molecule has 6 heteroatoms. The first-order valence-electron chi connectivity index (χ1n) is 9.70. The van der Waals surface area contributed by atoms with Gasteiger partial charge in [0, 0.05) is 25.2 Å². The van der Waals surface area contributed by atoms with Gasteiger partial charge in [0.2, 0.25) is 0 Å². The SMILES string of the molecule is Cl.O=C(COc1ccccc1OCc1ccccc1)N1CCC2CCC(C1)N2. The van der Waals surface area contributed by atoms with Gasteiger partial charge in [0.15, 0.2) is 18.1 Å². The number of hydrogen-bond acceptors (Lipinski definition) is 4. The molecule has 1 N–H and O–H groups in total. The molecule has 2 aliphatic heterocycles. The number of nitrogens with one attached hydrogen (secondary N) is 1. The molecule has 150 valence electrons. The second-order valence-corrected chi connectivity index (χ2v) is 7.28. The van der Waals surface area contributed by atoms with Crippen LogP contribution in [0.1, 0.15) is 24.8 Å². The molecule has 0 spiro atoms. The topological polar surface area (TPSA) is 50.8 Å². The second kappa shape index (κ2) is 9.80. The Morgan fingerprint density at radius 2 is 1.61 bits per heavy atom. The average molecular weight is 403 g/mol. The minimum Gasteiger partial charge on any atom is -0.485 e. The minimum atomic E-state index is 0. The average Bonchev–Trinajstić information content (AvgIpc) is 3.04. The molecule has 2 heterocycles. The summed E-state index contributed by atoms with van der Waals surface area (Å²) in [6, 6.07) is 18.5. The molecule has 2 aliphatic rings. The van der Waals surface area contributed by atoms with E-state index in [0.717, 1.165) is 31.5 Å². The van der Waals surface area contributed by atoms with Gasteiger partial charge < -0.3 is 19.7 Å². The van der Waals surface area contributed by atoms with E-state index < -0.39 is 0 Å². The third-order valence-electron chi connectivity index (χ3n) is 5.31. The molecular formula is C22H27ClN2O3. The normalized spacial score (nSPS) is 20.8. The Hall–Kier alpha value is -2.24. The number of nitrogens with zero attached hydrogens (tertiary/aromatic N) is 1. The molecule has 2 atom stereocenters. The molecule has 2 aromatic carbocycles. The van der Waals surface area contributed by atoms with Crippen LogP contribution in [0, 0.1) is 0 Å². The lowest BCUT2D eigenvalue weighted by Gasteiger charge is -2.24. The van der Waals surface area contributed by atoms with Crippen LogP contribution in [0.2, 0.25) is 0 Å². The molecule has 2 aromatic rings. The molecule has 5 nitrogen and oxygen atoms in total. The van der Waals surface area contributed by atoms with Crippen LogP contribution in [0.25, 0.3) is 0 Å². The second-order valence-electron chi connectivity index (χ2n) is 7.28. The third kappa shape index (κ3) is 5.18. The van der Waals surface area contributed by atoms with Crippen molar-refractivity contribution in [3.8, 4) is 11.5 Å². The number of rotatable bonds is 6. The minimum absolute atomic E-state index is 0. The van der Waals surface area contributed by atoms with Gasteiger partial charge in [0.1, 0.15) is 6.61 Å². The van der Waals surface area contributed by atoms with Gasteiger partial charge in [-0.3, -0.25) is 4.79 Å². The molecule has 2 fully saturated rings. The Morgan fingerprint density at radius 3 is 2.39 bits per heavy atom. The summed E-state index contributed by atoms with van der Waals surface area (Å²) in [4.78, 5) is 14.6. The van der Waals surface area contributed by atoms with Crippen LogP contribution in [0.15, 0.2) is 54.6 Å². The van der Waals surface area contributed by atoms with E-state index in [4.69, 9.17) is 9.47 Å². The highest BCUT2D eigenvalue weighted by atomic mass is 35.5. The molecule has 0 saturated carbocycles. The molecular weight excluding hydrogens is 376 g/mol. The van der Waals surface area contributed by atoms with E-state index in [9.17, 15) is 4.79 Å². The summed E-state index contributed by atoms with van der Waals surface area (Å²) in [5.74, 6) is 1.31. The quantitative estimate of drug-likeness (QED) is 0.804. The zero-order chi connectivity index (χ0) is 18.5. The molecule has 0 aliphatic carbocycles.